The summed E-state index contributed by atoms with van der Waals surface area (Å²) in [6, 6.07) is 3.65. The van der Waals surface area contributed by atoms with Crippen molar-refractivity contribution in [3.05, 3.63) is 18.0 Å². The van der Waals surface area contributed by atoms with Crippen LogP contribution in [0.4, 0.5) is 0 Å². The molecule has 1 unspecified atom stereocenters. The van der Waals surface area contributed by atoms with Crippen molar-refractivity contribution in [2.24, 2.45) is 5.73 Å². The molecule has 18 heavy (non-hydrogen) atoms. The van der Waals surface area contributed by atoms with Crippen molar-refractivity contribution in [1.29, 1.82) is 0 Å². The first-order valence-electron chi connectivity index (χ1n) is 5.95. The van der Waals surface area contributed by atoms with E-state index >= 15 is 0 Å². The van der Waals surface area contributed by atoms with Gasteiger partial charge in [0.2, 0.25) is 5.88 Å². The fourth-order valence-electron chi connectivity index (χ4n) is 1.67. The van der Waals surface area contributed by atoms with E-state index in [4.69, 9.17) is 10.5 Å². The van der Waals surface area contributed by atoms with Crippen molar-refractivity contribution in [1.82, 2.24) is 15.0 Å². The summed E-state index contributed by atoms with van der Waals surface area (Å²) in [5.74, 6) is 1.22. The highest BCUT2D eigenvalue weighted by Gasteiger charge is 2.21. The highest BCUT2D eigenvalue weighted by Crippen LogP contribution is 2.17. The van der Waals surface area contributed by atoms with Crippen LogP contribution >= 0.6 is 0 Å². The Morgan fingerprint density at radius 2 is 2.22 bits per heavy atom. The van der Waals surface area contributed by atoms with Gasteiger partial charge in [0.1, 0.15) is 5.82 Å². The van der Waals surface area contributed by atoms with E-state index in [1.165, 1.54) is 0 Å². The molecule has 0 aliphatic carbocycles. The third-order valence-electron chi connectivity index (χ3n) is 2.65. The summed E-state index contributed by atoms with van der Waals surface area (Å²) >= 11 is 0. The summed E-state index contributed by atoms with van der Waals surface area (Å²) in [5.41, 5.74) is 5.93. The van der Waals surface area contributed by atoms with Crippen molar-refractivity contribution in [2.45, 2.75) is 25.9 Å². The van der Waals surface area contributed by atoms with E-state index in [0.29, 0.717) is 30.4 Å². The minimum atomic E-state index is -0.962. The lowest BCUT2D eigenvalue weighted by molar-refractivity contribution is 0.0678. The van der Waals surface area contributed by atoms with Crippen LogP contribution in [0.1, 0.15) is 19.7 Å². The Labute approximate surface area is 105 Å². The quantitative estimate of drug-likeness (QED) is 0.722. The zero-order valence-corrected chi connectivity index (χ0v) is 10.6. The summed E-state index contributed by atoms with van der Waals surface area (Å²) in [7, 11) is 0. The number of nitrogens with one attached hydrogen (secondary N) is 1. The number of aromatic nitrogens is 3. The van der Waals surface area contributed by atoms with Crippen molar-refractivity contribution >= 4 is 11.2 Å². The Bertz CT molecular complexity index is 536. The molecule has 2 heterocycles. The number of aliphatic hydroxyl groups is 1. The maximum absolute atomic E-state index is 9.91. The monoisotopic (exact) mass is 250 g/mol. The number of imidazole rings is 1. The second kappa shape index (κ2) is 4.91. The number of rotatable bonds is 5. The van der Waals surface area contributed by atoms with Gasteiger partial charge < -0.3 is 20.6 Å². The van der Waals surface area contributed by atoms with Gasteiger partial charge in [-0.15, -0.1) is 0 Å². The smallest absolute Gasteiger partial charge is 0.215 e. The van der Waals surface area contributed by atoms with E-state index in [1.807, 2.05) is 13.0 Å². The fourth-order valence-corrected chi connectivity index (χ4v) is 1.67. The van der Waals surface area contributed by atoms with E-state index in [-0.39, 0.29) is 6.54 Å². The van der Waals surface area contributed by atoms with E-state index in [1.54, 1.807) is 13.0 Å². The van der Waals surface area contributed by atoms with Gasteiger partial charge >= 0.3 is 0 Å². The van der Waals surface area contributed by atoms with E-state index < -0.39 is 5.60 Å². The predicted octanol–water partition coefficient (Wildman–Crippen LogP) is 0.609. The van der Waals surface area contributed by atoms with Gasteiger partial charge in [-0.3, -0.25) is 0 Å². The van der Waals surface area contributed by atoms with Crippen molar-refractivity contribution in [3.8, 4) is 5.88 Å². The van der Waals surface area contributed by atoms with Crippen LogP contribution in [-0.4, -0.2) is 38.8 Å². The average molecular weight is 250 g/mol. The van der Waals surface area contributed by atoms with Gasteiger partial charge in [0.25, 0.3) is 0 Å². The molecular weight excluding hydrogens is 232 g/mol. The lowest BCUT2D eigenvalue weighted by atomic mass is 10.0. The van der Waals surface area contributed by atoms with E-state index in [0.717, 1.165) is 5.52 Å². The summed E-state index contributed by atoms with van der Waals surface area (Å²) in [6.07, 6.45) is 0.365. The molecule has 1 atom stereocenters. The van der Waals surface area contributed by atoms with Crippen LogP contribution in [0, 0.1) is 0 Å². The molecule has 0 saturated carbocycles. The normalized spacial score (nSPS) is 14.7. The molecule has 0 saturated heterocycles. The molecule has 6 nitrogen and oxygen atoms in total. The number of ether oxygens (including phenoxy) is 1. The zero-order chi connectivity index (χ0) is 13.2. The molecule has 0 fully saturated rings. The number of hydrogen-bond donors (Lipinski definition) is 3. The minimum absolute atomic E-state index is 0.182. The number of nitrogens with two attached hydrogens (primary N) is 1. The second-order valence-electron chi connectivity index (χ2n) is 4.52. The lowest BCUT2D eigenvalue weighted by Crippen LogP contribution is -2.36. The van der Waals surface area contributed by atoms with Gasteiger partial charge in [0.15, 0.2) is 5.65 Å². The molecule has 0 aromatic carbocycles. The van der Waals surface area contributed by atoms with Crippen molar-refractivity contribution in [3.63, 3.8) is 0 Å². The van der Waals surface area contributed by atoms with E-state index in [2.05, 4.69) is 15.0 Å². The highest BCUT2D eigenvalue weighted by molar-refractivity contribution is 5.71. The molecular formula is C12H18N4O2. The third kappa shape index (κ3) is 2.77. The molecule has 2 aromatic rings. The first-order valence-corrected chi connectivity index (χ1v) is 5.95. The van der Waals surface area contributed by atoms with Crippen LogP contribution in [-0.2, 0) is 6.42 Å². The molecule has 0 amide bonds. The van der Waals surface area contributed by atoms with Crippen LogP contribution in [0.3, 0.4) is 0 Å². The van der Waals surface area contributed by atoms with Crippen LogP contribution in [0.5, 0.6) is 5.88 Å². The van der Waals surface area contributed by atoms with Crippen molar-refractivity contribution < 1.29 is 9.84 Å². The van der Waals surface area contributed by atoms with Crippen molar-refractivity contribution in [2.75, 3.05) is 13.2 Å². The zero-order valence-electron chi connectivity index (χ0n) is 10.6. The highest BCUT2D eigenvalue weighted by atomic mass is 16.5. The molecule has 98 valence electrons. The van der Waals surface area contributed by atoms with E-state index in [9.17, 15) is 5.11 Å². The summed E-state index contributed by atoms with van der Waals surface area (Å²) < 4.78 is 5.31. The topological polar surface area (TPSA) is 97.0 Å². The third-order valence-corrected chi connectivity index (χ3v) is 2.65. The molecule has 0 aliphatic heterocycles. The Hall–Kier alpha value is -1.66. The van der Waals surface area contributed by atoms with Crippen LogP contribution in [0.15, 0.2) is 12.1 Å². The van der Waals surface area contributed by atoms with Gasteiger partial charge in [-0.25, -0.2) is 4.98 Å². The number of pyridine rings is 1. The molecule has 2 rings (SSSR count). The molecule has 4 N–H and O–H groups in total. The van der Waals surface area contributed by atoms with Gasteiger partial charge in [-0.05, 0) is 19.9 Å². The average Bonchev–Trinajstić information content (AvgIpc) is 2.70. The predicted molar refractivity (Wildman–Crippen MR) is 68.4 cm³/mol. The standard InChI is InChI=1S/C12H18N4O2/c1-3-18-10-5-4-8-11(16-10)15-9(14-8)6-12(2,17)7-13/h4-5,17H,3,6-7,13H2,1-2H3,(H,14,15,16). The van der Waals surface area contributed by atoms with Gasteiger partial charge in [-0.1, -0.05) is 0 Å². The Morgan fingerprint density at radius 1 is 1.44 bits per heavy atom. The number of fused-ring (bicyclic) bond motifs is 1. The second-order valence-corrected chi connectivity index (χ2v) is 4.52. The van der Waals surface area contributed by atoms with Gasteiger partial charge in [-0.2, -0.15) is 4.98 Å². The molecule has 2 aromatic heterocycles. The number of aromatic amines is 1. The minimum Gasteiger partial charge on any atom is -0.478 e. The molecule has 0 bridgehead atoms. The molecule has 0 aliphatic rings. The lowest BCUT2D eigenvalue weighted by Gasteiger charge is -2.18. The van der Waals surface area contributed by atoms with Crippen LogP contribution in [0.2, 0.25) is 0 Å². The maximum Gasteiger partial charge on any atom is 0.215 e. The SMILES string of the molecule is CCOc1ccc2[nH]c(CC(C)(O)CN)nc2n1. The summed E-state index contributed by atoms with van der Waals surface area (Å²) in [5, 5.41) is 9.91. The summed E-state index contributed by atoms with van der Waals surface area (Å²) in [4.78, 5) is 11.7. The number of hydrogen-bond acceptors (Lipinski definition) is 5. The van der Waals surface area contributed by atoms with Crippen LogP contribution < -0.4 is 10.5 Å². The maximum atomic E-state index is 9.91. The number of H-pyrrole nitrogens is 1. The Balaban J connectivity index is 2.27. The first kappa shape index (κ1) is 12.8. The van der Waals surface area contributed by atoms with Gasteiger partial charge in [0.05, 0.1) is 17.7 Å². The summed E-state index contributed by atoms with van der Waals surface area (Å²) in [6.45, 7) is 4.33. The molecule has 0 spiro atoms. The van der Waals surface area contributed by atoms with Crippen LogP contribution in [0.25, 0.3) is 11.2 Å². The fraction of sp³-hybridized carbons (Fsp3) is 0.500. The largest absolute Gasteiger partial charge is 0.478 e. The Kier molecular flexibility index (Phi) is 3.49. The van der Waals surface area contributed by atoms with Gasteiger partial charge in [0, 0.05) is 19.0 Å². The first-order chi connectivity index (χ1) is 8.54. The molecule has 6 heteroatoms. The molecule has 0 radical (unpaired) electrons. The Morgan fingerprint density at radius 3 is 2.89 bits per heavy atom. The number of nitrogens with zero attached hydrogens (tertiary/aromatic N) is 2.